The van der Waals surface area contributed by atoms with Crippen molar-refractivity contribution < 1.29 is 19.4 Å². The molecule has 0 bridgehead atoms. The summed E-state index contributed by atoms with van der Waals surface area (Å²) in [6.45, 7) is 0.364. The van der Waals surface area contributed by atoms with E-state index in [-0.39, 0.29) is 47.5 Å². The second-order valence-corrected chi connectivity index (χ2v) is 4.72. The molecule has 0 saturated carbocycles. The molecule has 1 heterocycles. The lowest BCUT2D eigenvalue weighted by molar-refractivity contribution is 0.0514. The van der Waals surface area contributed by atoms with E-state index in [2.05, 4.69) is 0 Å². The SMILES string of the molecule is O=C1c2cc(Cl)c(Cl)cc2C(=O)N1CCOCCO. The Morgan fingerprint density at radius 1 is 1.05 bits per heavy atom. The Hall–Kier alpha value is -1.14. The Kier molecular flexibility index (Phi) is 4.42. The van der Waals surface area contributed by atoms with Crippen LogP contribution in [0.15, 0.2) is 12.1 Å². The van der Waals surface area contributed by atoms with E-state index < -0.39 is 11.8 Å². The molecule has 0 aromatic heterocycles. The zero-order valence-corrected chi connectivity index (χ0v) is 11.4. The molecule has 1 aromatic rings. The molecule has 2 amide bonds. The molecule has 0 aliphatic carbocycles. The highest BCUT2D eigenvalue weighted by atomic mass is 35.5. The van der Waals surface area contributed by atoms with Crippen LogP contribution < -0.4 is 0 Å². The van der Waals surface area contributed by atoms with Crippen LogP contribution in [0.4, 0.5) is 0 Å². The first-order chi connectivity index (χ1) is 9.06. The number of carbonyl (C=O) groups is 2. The predicted octanol–water partition coefficient (Wildman–Crippen LogP) is 1.60. The third-order valence-corrected chi connectivity index (χ3v) is 3.43. The fraction of sp³-hybridized carbons (Fsp3) is 0.333. The molecular formula is C12H11Cl2NO4. The van der Waals surface area contributed by atoms with Crippen molar-refractivity contribution in [1.29, 1.82) is 0 Å². The number of amides is 2. The summed E-state index contributed by atoms with van der Waals surface area (Å²) >= 11 is 11.7. The normalized spacial score (nSPS) is 14.2. The number of rotatable bonds is 5. The molecule has 1 aromatic carbocycles. The first-order valence-electron chi connectivity index (χ1n) is 5.60. The van der Waals surface area contributed by atoms with Gasteiger partial charge in [-0.25, -0.2) is 0 Å². The van der Waals surface area contributed by atoms with Crippen LogP contribution >= 0.6 is 23.2 Å². The predicted molar refractivity (Wildman–Crippen MR) is 69.7 cm³/mol. The summed E-state index contributed by atoms with van der Waals surface area (Å²) in [4.78, 5) is 25.1. The highest BCUT2D eigenvalue weighted by Crippen LogP contribution is 2.31. The highest BCUT2D eigenvalue weighted by molar-refractivity contribution is 6.43. The summed E-state index contributed by atoms with van der Waals surface area (Å²) in [7, 11) is 0. The van der Waals surface area contributed by atoms with E-state index in [1.165, 1.54) is 12.1 Å². The van der Waals surface area contributed by atoms with Crippen molar-refractivity contribution in [3.63, 3.8) is 0 Å². The van der Waals surface area contributed by atoms with Gasteiger partial charge in [0.2, 0.25) is 0 Å². The number of hydrogen-bond acceptors (Lipinski definition) is 4. The molecule has 1 aliphatic heterocycles. The molecule has 1 N–H and O–H groups in total. The molecule has 0 radical (unpaired) electrons. The van der Waals surface area contributed by atoms with Gasteiger partial charge in [-0.15, -0.1) is 0 Å². The van der Waals surface area contributed by atoms with Crippen LogP contribution in [0.1, 0.15) is 20.7 Å². The van der Waals surface area contributed by atoms with Crippen LogP contribution in [-0.4, -0.2) is 48.2 Å². The van der Waals surface area contributed by atoms with Crippen LogP contribution in [0.2, 0.25) is 10.0 Å². The third kappa shape index (κ3) is 2.74. The molecule has 0 fully saturated rings. The summed E-state index contributed by atoms with van der Waals surface area (Å²) in [5.74, 6) is -0.822. The third-order valence-electron chi connectivity index (χ3n) is 2.71. The van der Waals surface area contributed by atoms with E-state index in [4.69, 9.17) is 33.0 Å². The van der Waals surface area contributed by atoms with Gasteiger partial charge in [0, 0.05) is 0 Å². The minimum absolute atomic E-state index is 0.104. The summed E-state index contributed by atoms with van der Waals surface area (Å²) in [6, 6.07) is 2.79. The molecule has 2 rings (SSSR count). The number of nitrogens with zero attached hydrogens (tertiary/aromatic N) is 1. The Morgan fingerprint density at radius 3 is 2.05 bits per heavy atom. The van der Waals surface area contributed by atoms with Gasteiger partial charge in [0.15, 0.2) is 0 Å². The maximum Gasteiger partial charge on any atom is 0.261 e. The van der Waals surface area contributed by atoms with Crippen molar-refractivity contribution in [2.45, 2.75) is 0 Å². The molecule has 0 unspecified atom stereocenters. The Labute approximate surface area is 119 Å². The minimum atomic E-state index is -0.411. The quantitative estimate of drug-likeness (QED) is 0.663. The average molecular weight is 304 g/mol. The van der Waals surface area contributed by atoms with Gasteiger partial charge in [0.05, 0.1) is 47.5 Å². The molecule has 0 saturated heterocycles. The van der Waals surface area contributed by atoms with Crippen molar-refractivity contribution >= 4 is 35.0 Å². The number of halogens is 2. The van der Waals surface area contributed by atoms with Gasteiger partial charge in [0.25, 0.3) is 11.8 Å². The first kappa shape index (κ1) is 14.3. The van der Waals surface area contributed by atoms with Gasteiger partial charge in [0.1, 0.15) is 0 Å². The second-order valence-electron chi connectivity index (χ2n) is 3.91. The number of aliphatic hydroxyl groups excluding tert-OH is 1. The lowest BCUT2D eigenvalue weighted by Crippen LogP contribution is -2.33. The zero-order chi connectivity index (χ0) is 14.0. The monoisotopic (exact) mass is 303 g/mol. The number of carbonyl (C=O) groups excluding carboxylic acids is 2. The lowest BCUT2D eigenvalue weighted by atomic mass is 10.1. The molecule has 0 spiro atoms. The minimum Gasteiger partial charge on any atom is -0.394 e. The van der Waals surface area contributed by atoms with Crippen molar-refractivity contribution in [1.82, 2.24) is 4.90 Å². The fourth-order valence-corrected chi connectivity index (χ4v) is 2.14. The molecular weight excluding hydrogens is 293 g/mol. The standard InChI is InChI=1S/C12H11Cl2NO4/c13-9-5-7-8(6-10(9)14)12(18)15(11(7)17)1-3-19-4-2-16/h5-6,16H,1-4H2. The number of aliphatic hydroxyl groups is 1. The van der Waals surface area contributed by atoms with E-state index in [9.17, 15) is 9.59 Å². The van der Waals surface area contributed by atoms with Crippen molar-refractivity contribution in [2.24, 2.45) is 0 Å². The average Bonchev–Trinajstić information content (AvgIpc) is 2.60. The summed E-state index contributed by atoms with van der Waals surface area (Å²) in [5, 5.41) is 9.04. The van der Waals surface area contributed by atoms with E-state index in [1.807, 2.05) is 0 Å². The van der Waals surface area contributed by atoms with Crippen molar-refractivity contribution in [3.8, 4) is 0 Å². The molecule has 7 heteroatoms. The highest BCUT2D eigenvalue weighted by Gasteiger charge is 2.35. The van der Waals surface area contributed by atoms with Crippen molar-refractivity contribution in [2.75, 3.05) is 26.4 Å². The maximum atomic E-state index is 12.0. The number of imide groups is 1. The van der Waals surface area contributed by atoms with E-state index >= 15 is 0 Å². The van der Waals surface area contributed by atoms with Crippen LogP contribution in [0.5, 0.6) is 0 Å². The number of benzene rings is 1. The largest absolute Gasteiger partial charge is 0.394 e. The molecule has 5 nitrogen and oxygen atoms in total. The van der Waals surface area contributed by atoms with Crippen LogP contribution in [0.3, 0.4) is 0 Å². The van der Waals surface area contributed by atoms with Crippen molar-refractivity contribution in [3.05, 3.63) is 33.3 Å². The van der Waals surface area contributed by atoms with Crippen LogP contribution in [0.25, 0.3) is 0 Å². The van der Waals surface area contributed by atoms with E-state index in [0.29, 0.717) is 0 Å². The number of hydrogen-bond donors (Lipinski definition) is 1. The first-order valence-corrected chi connectivity index (χ1v) is 6.35. The van der Waals surface area contributed by atoms with E-state index in [1.54, 1.807) is 0 Å². The topological polar surface area (TPSA) is 66.8 Å². The van der Waals surface area contributed by atoms with Gasteiger partial charge in [-0.3, -0.25) is 14.5 Å². The fourth-order valence-electron chi connectivity index (χ4n) is 1.81. The summed E-state index contributed by atoms with van der Waals surface area (Å²) in [5.41, 5.74) is 0.503. The van der Waals surface area contributed by atoms with Crippen LogP contribution in [0, 0.1) is 0 Å². The summed E-state index contributed by atoms with van der Waals surface area (Å²) in [6.07, 6.45) is 0. The summed E-state index contributed by atoms with van der Waals surface area (Å²) < 4.78 is 5.04. The van der Waals surface area contributed by atoms with Gasteiger partial charge in [-0.1, -0.05) is 23.2 Å². The number of ether oxygens (including phenoxy) is 1. The van der Waals surface area contributed by atoms with Crippen LogP contribution in [-0.2, 0) is 4.74 Å². The van der Waals surface area contributed by atoms with E-state index in [0.717, 1.165) is 4.90 Å². The lowest BCUT2D eigenvalue weighted by Gasteiger charge is -2.13. The molecule has 0 atom stereocenters. The Morgan fingerprint density at radius 2 is 1.58 bits per heavy atom. The maximum absolute atomic E-state index is 12.0. The van der Waals surface area contributed by atoms with Gasteiger partial charge < -0.3 is 9.84 Å². The molecule has 1 aliphatic rings. The molecule has 102 valence electrons. The molecule has 19 heavy (non-hydrogen) atoms. The Bertz CT molecular complexity index is 492. The van der Waals surface area contributed by atoms with Gasteiger partial charge >= 0.3 is 0 Å². The van der Waals surface area contributed by atoms with Gasteiger partial charge in [-0.05, 0) is 12.1 Å². The Balaban J connectivity index is 2.15. The van der Waals surface area contributed by atoms with Gasteiger partial charge in [-0.2, -0.15) is 0 Å². The smallest absolute Gasteiger partial charge is 0.261 e. The second kappa shape index (κ2) is 5.88. The number of fused-ring (bicyclic) bond motifs is 1. The zero-order valence-electron chi connectivity index (χ0n) is 9.86.